The molecule has 1 aromatic heterocycles. The SMILES string of the molecule is Cc1cc(OC(=O)c2oc3c(c2C)/C(=N/NC(=O)c2ccc(Cl)c([N+](=O)[O-])c2)CCC3)cc(C)c1Cl. The molecule has 9 nitrogen and oxygen atoms in total. The van der Waals surface area contributed by atoms with Crippen LogP contribution in [0.2, 0.25) is 10.0 Å². The van der Waals surface area contributed by atoms with E-state index in [4.69, 9.17) is 32.4 Å². The second-order valence-electron chi connectivity index (χ2n) is 8.39. The van der Waals surface area contributed by atoms with E-state index >= 15 is 0 Å². The number of hydrogen-bond acceptors (Lipinski definition) is 7. The Morgan fingerprint density at radius 1 is 1.11 bits per heavy atom. The number of amides is 1. The summed E-state index contributed by atoms with van der Waals surface area (Å²) in [5.74, 6) is -0.307. The molecule has 1 heterocycles. The molecule has 0 saturated heterocycles. The summed E-state index contributed by atoms with van der Waals surface area (Å²) in [7, 11) is 0. The molecule has 1 aliphatic rings. The number of halogens is 2. The van der Waals surface area contributed by atoms with E-state index in [0.717, 1.165) is 17.2 Å². The van der Waals surface area contributed by atoms with Gasteiger partial charge in [-0.15, -0.1) is 0 Å². The average molecular weight is 530 g/mol. The molecule has 3 aromatic rings. The summed E-state index contributed by atoms with van der Waals surface area (Å²) in [5.41, 5.74) is 5.38. The number of nitrogens with zero attached hydrogens (tertiary/aromatic N) is 2. The largest absolute Gasteiger partial charge is 0.453 e. The van der Waals surface area contributed by atoms with Gasteiger partial charge in [-0.2, -0.15) is 5.10 Å². The predicted octanol–water partition coefficient (Wildman–Crippen LogP) is 6.11. The first-order valence-corrected chi connectivity index (χ1v) is 11.7. The number of carbonyl (C=O) groups excluding carboxylic acids is 2. The van der Waals surface area contributed by atoms with Crippen molar-refractivity contribution >= 4 is 46.5 Å². The number of fused-ring (bicyclic) bond motifs is 1. The Bertz CT molecular complexity index is 1420. The molecule has 1 amide bonds. The maximum absolute atomic E-state index is 12.9. The highest BCUT2D eigenvalue weighted by atomic mass is 35.5. The number of rotatable bonds is 5. The maximum Gasteiger partial charge on any atom is 0.379 e. The zero-order valence-electron chi connectivity index (χ0n) is 19.6. The Balaban J connectivity index is 1.57. The summed E-state index contributed by atoms with van der Waals surface area (Å²) >= 11 is 12.0. The number of hydrazone groups is 1. The van der Waals surface area contributed by atoms with Gasteiger partial charge in [0.05, 0.1) is 10.6 Å². The van der Waals surface area contributed by atoms with E-state index in [2.05, 4.69) is 10.5 Å². The lowest BCUT2D eigenvalue weighted by molar-refractivity contribution is -0.384. The second kappa shape index (κ2) is 10.1. The van der Waals surface area contributed by atoms with Crippen LogP contribution in [0.4, 0.5) is 5.69 Å². The number of nitro benzene ring substituents is 1. The molecule has 186 valence electrons. The molecule has 0 atom stereocenters. The van der Waals surface area contributed by atoms with Crippen molar-refractivity contribution in [3.63, 3.8) is 0 Å². The summed E-state index contributed by atoms with van der Waals surface area (Å²) < 4.78 is 11.4. The fraction of sp³-hybridized carbons (Fsp3) is 0.240. The molecule has 0 aliphatic heterocycles. The van der Waals surface area contributed by atoms with E-state index in [1.165, 1.54) is 12.1 Å². The summed E-state index contributed by atoms with van der Waals surface area (Å²) in [6.07, 6.45) is 1.84. The number of furan rings is 1. The lowest BCUT2D eigenvalue weighted by atomic mass is 9.93. The number of benzene rings is 2. The van der Waals surface area contributed by atoms with Gasteiger partial charge in [0, 0.05) is 34.2 Å². The summed E-state index contributed by atoms with van der Waals surface area (Å²) in [6, 6.07) is 7.09. The van der Waals surface area contributed by atoms with Gasteiger partial charge in [0.2, 0.25) is 5.76 Å². The minimum atomic E-state index is -0.666. The molecule has 11 heteroatoms. The van der Waals surface area contributed by atoms with Gasteiger partial charge in [-0.1, -0.05) is 23.2 Å². The number of hydrogen-bond donors (Lipinski definition) is 1. The van der Waals surface area contributed by atoms with Gasteiger partial charge in [-0.25, -0.2) is 10.2 Å². The highest BCUT2D eigenvalue weighted by Gasteiger charge is 2.29. The van der Waals surface area contributed by atoms with E-state index in [0.29, 0.717) is 52.6 Å². The minimum Gasteiger partial charge on any atom is -0.453 e. The third-order valence-electron chi connectivity index (χ3n) is 5.83. The van der Waals surface area contributed by atoms with Crippen LogP contribution in [0.25, 0.3) is 0 Å². The highest BCUT2D eigenvalue weighted by Crippen LogP contribution is 2.32. The molecular formula is C25H21Cl2N3O6. The van der Waals surface area contributed by atoms with Crippen molar-refractivity contribution in [1.29, 1.82) is 0 Å². The second-order valence-corrected chi connectivity index (χ2v) is 9.18. The van der Waals surface area contributed by atoms with Crippen LogP contribution in [-0.4, -0.2) is 22.5 Å². The molecule has 4 rings (SSSR count). The Labute approximate surface area is 216 Å². The van der Waals surface area contributed by atoms with Gasteiger partial charge in [-0.05, 0) is 69.0 Å². The number of nitro groups is 1. The quantitative estimate of drug-likeness (QED) is 0.184. The molecule has 2 aromatic carbocycles. The van der Waals surface area contributed by atoms with Crippen LogP contribution < -0.4 is 10.2 Å². The number of carbonyl (C=O) groups is 2. The first-order chi connectivity index (χ1) is 17.1. The Morgan fingerprint density at radius 3 is 2.47 bits per heavy atom. The number of ether oxygens (including phenoxy) is 1. The van der Waals surface area contributed by atoms with E-state index in [9.17, 15) is 19.7 Å². The third kappa shape index (κ3) is 4.98. The monoisotopic (exact) mass is 529 g/mol. The Morgan fingerprint density at radius 2 is 1.81 bits per heavy atom. The number of nitrogens with one attached hydrogen (secondary N) is 1. The van der Waals surface area contributed by atoms with Crippen LogP contribution in [0.1, 0.15) is 61.8 Å². The first-order valence-electron chi connectivity index (χ1n) is 11.0. The molecular weight excluding hydrogens is 509 g/mol. The highest BCUT2D eigenvalue weighted by molar-refractivity contribution is 6.33. The molecule has 0 fully saturated rings. The zero-order valence-corrected chi connectivity index (χ0v) is 21.1. The summed E-state index contributed by atoms with van der Waals surface area (Å²) in [4.78, 5) is 35.9. The number of esters is 1. The van der Waals surface area contributed by atoms with Gasteiger partial charge in [0.15, 0.2) is 0 Å². The first kappa shape index (κ1) is 25.4. The van der Waals surface area contributed by atoms with Crippen LogP contribution in [0, 0.1) is 30.9 Å². The lowest BCUT2D eigenvalue weighted by Gasteiger charge is -2.13. The van der Waals surface area contributed by atoms with E-state index in [1.807, 2.05) is 13.8 Å². The minimum absolute atomic E-state index is 0.0354. The van der Waals surface area contributed by atoms with Crippen molar-refractivity contribution < 1.29 is 23.7 Å². The standard InChI is InChI=1S/C25H21Cl2N3O6/c1-12-9-16(10-13(2)22(12)27)35-25(32)23-14(3)21-18(5-4-6-20(21)36-23)28-29-24(31)15-7-8-17(26)19(11-15)30(33)34/h7-11H,4-6H2,1-3H3,(H,29,31)/b28-18+. The smallest absolute Gasteiger partial charge is 0.379 e. The molecule has 36 heavy (non-hydrogen) atoms. The molecule has 0 radical (unpaired) electrons. The molecule has 0 spiro atoms. The zero-order chi connectivity index (χ0) is 26.1. The van der Waals surface area contributed by atoms with Crippen LogP contribution in [0.5, 0.6) is 5.75 Å². The third-order valence-corrected chi connectivity index (χ3v) is 6.74. The fourth-order valence-electron chi connectivity index (χ4n) is 4.07. The van der Waals surface area contributed by atoms with Crippen molar-refractivity contribution in [3.05, 3.63) is 89.8 Å². The Kier molecular flexibility index (Phi) is 7.14. The van der Waals surface area contributed by atoms with Gasteiger partial charge in [0.25, 0.3) is 11.6 Å². The fourth-order valence-corrected chi connectivity index (χ4v) is 4.37. The molecule has 1 N–H and O–H groups in total. The summed E-state index contributed by atoms with van der Waals surface area (Å²) in [6.45, 7) is 5.37. The molecule has 0 unspecified atom stereocenters. The van der Waals surface area contributed by atoms with Crippen molar-refractivity contribution in [2.45, 2.75) is 40.0 Å². The van der Waals surface area contributed by atoms with Crippen LogP contribution >= 0.6 is 23.2 Å². The van der Waals surface area contributed by atoms with E-state index in [1.54, 1.807) is 19.1 Å². The van der Waals surface area contributed by atoms with Crippen molar-refractivity contribution in [1.82, 2.24) is 5.43 Å². The van der Waals surface area contributed by atoms with E-state index < -0.39 is 16.8 Å². The molecule has 0 saturated carbocycles. The predicted molar refractivity (Wildman–Crippen MR) is 134 cm³/mol. The molecule has 0 bridgehead atoms. The van der Waals surface area contributed by atoms with Gasteiger partial charge in [0.1, 0.15) is 16.5 Å². The van der Waals surface area contributed by atoms with Crippen molar-refractivity contribution in [3.8, 4) is 5.75 Å². The van der Waals surface area contributed by atoms with E-state index in [-0.39, 0.29) is 22.0 Å². The van der Waals surface area contributed by atoms with Crippen molar-refractivity contribution in [2.75, 3.05) is 0 Å². The number of aryl methyl sites for hydroxylation is 3. The lowest BCUT2D eigenvalue weighted by Crippen LogP contribution is -2.22. The van der Waals surface area contributed by atoms with Crippen LogP contribution in [-0.2, 0) is 6.42 Å². The van der Waals surface area contributed by atoms with Crippen LogP contribution in [0.15, 0.2) is 39.9 Å². The summed E-state index contributed by atoms with van der Waals surface area (Å²) in [5, 5.41) is 15.9. The maximum atomic E-state index is 12.9. The van der Waals surface area contributed by atoms with Crippen LogP contribution in [0.3, 0.4) is 0 Å². The average Bonchev–Trinajstić information content (AvgIpc) is 3.18. The van der Waals surface area contributed by atoms with Crippen molar-refractivity contribution in [2.24, 2.45) is 5.10 Å². The normalized spacial score (nSPS) is 13.9. The topological polar surface area (TPSA) is 124 Å². The Hall–Kier alpha value is -3.69. The molecule has 1 aliphatic carbocycles. The van der Waals surface area contributed by atoms with Gasteiger partial charge >= 0.3 is 5.97 Å². The van der Waals surface area contributed by atoms with Gasteiger partial charge in [-0.3, -0.25) is 14.9 Å². The van der Waals surface area contributed by atoms with Gasteiger partial charge < -0.3 is 9.15 Å².